The summed E-state index contributed by atoms with van der Waals surface area (Å²) in [5.74, 6) is -0.735. The van der Waals surface area contributed by atoms with Gasteiger partial charge in [-0.25, -0.2) is 9.78 Å². The van der Waals surface area contributed by atoms with Crippen LogP contribution in [0.25, 0.3) is 0 Å². The molecule has 5 nitrogen and oxygen atoms in total. The lowest BCUT2D eigenvalue weighted by Gasteiger charge is -2.20. The number of carbonyl (C=O) groups excluding carboxylic acids is 2. The van der Waals surface area contributed by atoms with Gasteiger partial charge in [0.25, 0.3) is 5.91 Å². The lowest BCUT2D eigenvalue weighted by Crippen LogP contribution is -2.34. The molecule has 1 aliphatic rings. The second kappa shape index (κ2) is 8.67. The van der Waals surface area contributed by atoms with E-state index in [0.717, 1.165) is 30.5 Å². The van der Waals surface area contributed by atoms with Gasteiger partial charge in [-0.05, 0) is 42.7 Å². The van der Waals surface area contributed by atoms with E-state index in [9.17, 15) is 9.59 Å². The van der Waals surface area contributed by atoms with Gasteiger partial charge in [0.05, 0.1) is 12.2 Å². The standard InChI is InChI=1S/C21H20N2O3S2/c24-19(14-26-20(25)18-11-6-12-27-18)23(13-15-7-2-1-3-8-15)21-22-16-9-4-5-10-17(16)28-21/h1-3,6-8,11-12H,4-5,9-10,13-14H2. The summed E-state index contributed by atoms with van der Waals surface area (Å²) in [6, 6.07) is 13.3. The molecule has 0 saturated heterocycles. The van der Waals surface area contributed by atoms with Crippen LogP contribution in [0, 0.1) is 0 Å². The highest BCUT2D eigenvalue weighted by Crippen LogP contribution is 2.32. The fourth-order valence-electron chi connectivity index (χ4n) is 3.15. The Kier molecular flexibility index (Phi) is 5.83. The summed E-state index contributed by atoms with van der Waals surface area (Å²) in [4.78, 5) is 33.2. The Morgan fingerprint density at radius 3 is 2.64 bits per heavy atom. The highest BCUT2D eigenvalue weighted by atomic mass is 32.1. The number of hydrogen-bond acceptors (Lipinski definition) is 6. The molecule has 0 fully saturated rings. The molecule has 28 heavy (non-hydrogen) atoms. The van der Waals surface area contributed by atoms with E-state index in [-0.39, 0.29) is 12.5 Å². The van der Waals surface area contributed by atoms with Crippen molar-refractivity contribution >= 4 is 39.7 Å². The largest absolute Gasteiger partial charge is 0.451 e. The van der Waals surface area contributed by atoms with Gasteiger partial charge in [0.15, 0.2) is 11.7 Å². The molecule has 4 rings (SSSR count). The van der Waals surface area contributed by atoms with E-state index in [2.05, 4.69) is 0 Å². The van der Waals surface area contributed by atoms with Crippen LogP contribution in [0.5, 0.6) is 0 Å². The molecule has 0 aliphatic heterocycles. The first-order valence-corrected chi connectivity index (χ1v) is 10.9. The van der Waals surface area contributed by atoms with Crippen LogP contribution in [0.3, 0.4) is 0 Å². The number of anilines is 1. The molecule has 1 aliphatic carbocycles. The predicted molar refractivity (Wildman–Crippen MR) is 111 cm³/mol. The van der Waals surface area contributed by atoms with Crippen molar-refractivity contribution in [1.82, 2.24) is 4.98 Å². The molecule has 7 heteroatoms. The average Bonchev–Trinajstić information content (AvgIpc) is 3.40. The van der Waals surface area contributed by atoms with Gasteiger partial charge >= 0.3 is 5.97 Å². The second-order valence-electron chi connectivity index (χ2n) is 6.59. The fourth-order valence-corrected chi connectivity index (χ4v) is 4.93. The molecule has 0 unspecified atom stereocenters. The molecule has 1 amide bonds. The summed E-state index contributed by atoms with van der Waals surface area (Å²) in [6.07, 6.45) is 4.29. The molecular formula is C21H20N2O3S2. The number of fused-ring (bicyclic) bond motifs is 1. The minimum Gasteiger partial charge on any atom is -0.451 e. The van der Waals surface area contributed by atoms with Crippen molar-refractivity contribution in [2.45, 2.75) is 32.2 Å². The first-order chi connectivity index (χ1) is 13.7. The van der Waals surface area contributed by atoms with Gasteiger partial charge < -0.3 is 4.74 Å². The number of rotatable bonds is 6. The molecule has 1 aromatic carbocycles. The molecule has 0 N–H and O–H groups in total. The van der Waals surface area contributed by atoms with Crippen molar-refractivity contribution in [2.75, 3.05) is 11.5 Å². The van der Waals surface area contributed by atoms with Crippen molar-refractivity contribution in [1.29, 1.82) is 0 Å². The van der Waals surface area contributed by atoms with Crippen LogP contribution in [0.15, 0.2) is 47.8 Å². The summed E-state index contributed by atoms with van der Waals surface area (Å²) in [7, 11) is 0. The second-order valence-corrected chi connectivity index (χ2v) is 8.60. The van der Waals surface area contributed by atoms with Crippen molar-refractivity contribution < 1.29 is 14.3 Å². The zero-order valence-corrected chi connectivity index (χ0v) is 16.9. The number of thiazole rings is 1. The third kappa shape index (κ3) is 4.31. The molecule has 0 atom stereocenters. The predicted octanol–water partition coefficient (Wildman–Crippen LogP) is 4.47. The minimum absolute atomic E-state index is 0.264. The molecule has 144 valence electrons. The number of nitrogens with zero attached hydrogens (tertiary/aromatic N) is 2. The molecule has 0 spiro atoms. The summed E-state index contributed by atoms with van der Waals surface area (Å²) in [6.45, 7) is 0.108. The SMILES string of the molecule is O=C(OCC(=O)N(Cc1ccccc1)c1nc2c(s1)CCCC2)c1cccs1. The maximum atomic E-state index is 13.0. The van der Waals surface area contributed by atoms with Crippen molar-refractivity contribution in [3.63, 3.8) is 0 Å². The summed E-state index contributed by atoms with van der Waals surface area (Å²) >= 11 is 2.88. The highest BCUT2D eigenvalue weighted by molar-refractivity contribution is 7.16. The van der Waals surface area contributed by atoms with Crippen LogP contribution in [0.2, 0.25) is 0 Å². The lowest BCUT2D eigenvalue weighted by molar-refractivity contribution is -0.121. The van der Waals surface area contributed by atoms with Gasteiger partial charge in [0, 0.05) is 4.88 Å². The number of benzene rings is 1. The number of esters is 1. The van der Waals surface area contributed by atoms with Gasteiger partial charge in [-0.2, -0.15) is 0 Å². The van der Waals surface area contributed by atoms with Crippen LogP contribution in [0.4, 0.5) is 5.13 Å². The van der Waals surface area contributed by atoms with Crippen LogP contribution >= 0.6 is 22.7 Å². The fraction of sp³-hybridized carbons (Fsp3) is 0.286. The summed E-state index contributed by atoms with van der Waals surface area (Å²) < 4.78 is 5.25. The highest BCUT2D eigenvalue weighted by Gasteiger charge is 2.24. The van der Waals surface area contributed by atoms with Gasteiger partial charge in [0.2, 0.25) is 0 Å². The number of hydrogen-bond donors (Lipinski definition) is 0. The Morgan fingerprint density at radius 1 is 1.07 bits per heavy atom. The molecule has 2 heterocycles. The van der Waals surface area contributed by atoms with Crippen molar-refractivity contribution in [2.24, 2.45) is 0 Å². The molecule has 0 bridgehead atoms. The zero-order chi connectivity index (χ0) is 19.3. The number of amides is 1. The molecule has 0 radical (unpaired) electrons. The normalized spacial score (nSPS) is 13.0. The van der Waals surface area contributed by atoms with E-state index in [1.807, 2.05) is 30.3 Å². The Bertz CT molecular complexity index is 928. The summed E-state index contributed by atoms with van der Waals surface area (Å²) in [5, 5.41) is 2.49. The minimum atomic E-state index is -0.471. The number of thiophene rings is 1. The maximum absolute atomic E-state index is 13.0. The van der Waals surface area contributed by atoms with Gasteiger partial charge in [-0.3, -0.25) is 9.69 Å². The van der Waals surface area contributed by atoms with Gasteiger partial charge in [0.1, 0.15) is 4.88 Å². The molecular weight excluding hydrogens is 392 g/mol. The Hall–Kier alpha value is -2.51. The lowest BCUT2D eigenvalue weighted by atomic mass is 10.0. The Morgan fingerprint density at radius 2 is 1.89 bits per heavy atom. The first kappa shape index (κ1) is 18.8. The van der Waals surface area contributed by atoms with Crippen LogP contribution in [0.1, 0.15) is 38.6 Å². The average molecular weight is 413 g/mol. The van der Waals surface area contributed by atoms with E-state index in [4.69, 9.17) is 9.72 Å². The zero-order valence-electron chi connectivity index (χ0n) is 15.3. The van der Waals surface area contributed by atoms with E-state index in [1.54, 1.807) is 33.7 Å². The van der Waals surface area contributed by atoms with Crippen LogP contribution in [-0.4, -0.2) is 23.5 Å². The number of ether oxygens (including phenoxy) is 1. The Labute approximate surface area is 171 Å². The Balaban J connectivity index is 1.52. The van der Waals surface area contributed by atoms with E-state index in [0.29, 0.717) is 16.6 Å². The molecule has 0 saturated carbocycles. The van der Waals surface area contributed by atoms with E-state index >= 15 is 0 Å². The summed E-state index contributed by atoms with van der Waals surface area (Å²) in [5.41, 5.74) is 2.11. The smallest absolute Gasteiger partial charge is 0.348 e. The van der Waals surface area contributed by atoms with Crippen molar-refractivity contribution in [3.05, 3.63) is 68.9 Å². The topological polar surface area (TPSA) is 59.5 Å². The van der Waals surface area contributed by atoms with Crippen LogP contribution < -0.4 is 4.90 Å². The molecule has 2 aromatic heterocycles. The van der Waals surface area contributed by atoms with Gasteiger partial charge in [-0.1, -0.05) is 36.4 Å². The monoisotopic (exact) mass is 412 g/mol. The number of aromatic nitrogens is 1. The first-order valence-electron chi connectivity index (χ1n) is 9.24. The van der Waals surface area contributed by atoms with E-state index in [1.165, 1.54) is 22.6 Å². The number of aryl methyl sites for hydroxylation is 2. The van der Waals surface area contributed by atoms with Crippen LogP contribution in [-0.2, 0) is 28.9 Å². The quantitative estimate of drug-likeness (QED) is 0.561. The van der Waals surface area contributed by atoms with E-state index < -0.39 is 5.97 Å². The number of carbonyl (C=O) groups is 2. The maximum Gasteiger partial charge on any atom is 0.348 e. The third-order valence-corrected chi connectivity index (χ3v) is 6.63. The van der Waals surface area contributed by atoms with Gasteiger partial charge in [-0.15, -0.1) is 22.7 Å². The van der Waals surface area contributed by atoms with Crippen molar-refractivity contribution in [3.8, 4) is 0 Å². The molecule has 3 aromatic rings. The third-order valence-electron chi connectivity index (χ3n) is 4.60.